The largest absolute Gasteiger partial charge is 0.495 e. The normalized spacial score (nSPS) is 25.2. The Kier molecular flexibility index (Phi) is 25.7. The van der Waals surface area contributed by atoms with Gasteiger partial charge in [0.25, 0.3) is 11.8 Å². The number of hydrogen-bond donors (Lipinski definition) is 8. The third kappa shape index (κ3) is 19.1. The Hall–Kier alpha value is -7.89. The Morgan fingerprint density at radius 3 is 2.20 bits per heavy atom. The number of methoxy groups -OCH3 is 2. The Morgan fingerprint density at radius 2 is 1.57 bits per heavy atom. The van der Waals surface area contributed by atoms with Crippen molar-refractivity contribution < 1.29 is 91.3 Å². The summed E-state index contributed by atoms with van der Waals surface area (Å²) in [5.74, 6) is -6.32. The topological polar surface area (TPSA) is 371 Å². The average Bonchev–Trinajstić information content (AvgIpc) is 1.56. The van der Waals surface area contributed by atoms with Crippen LogP contribution in [0, 0.1) is 23.7 Å². The van der Waals surface area contributed by atoms with E-state index in [0.29, 0.717) is 16.8 Å². The van der Waals surface area contributed by atoms with Gasteiger partial charge in [-0.05, 0) is 67.5 Å². The molecule has 4 heterocycles. The number of nitrogens with one attached hydrogen (secondary N) is 5. The first kappa shape index (κ1) is 72.2. The lowest BCUT2D eigenvalue weighted by Gasteiger charge is -2.43. The summed E-state index contributed by atoms with van der Waals surface area (Å²) in [7, 11) is 4.22. The first-order valence-electron chi connectivity index (χ1n) is 30.1. The summed E-state index contributed by atoms with van der Waals surface area (Å²) in [5, 5.41) is 37.3. The molecule has 11 atom stereocenters. The Labute approximate surface area is 533 Å². The quantitative estimate of drug-likeness (QED) is 0.0176. The van der Waals surface area contributed by atoms with Crippen molar-refractivity contribution in [3.63, 3.8) is 0 Å². The number of hydrogen-bond acceptors (Lipinski definition) is 19. The first-order valence-corrected chi connectivity index (χ1v) is 30.5. The molecule has 2 saturated heterocycles. The molecule has 2 fully saturated rings. The summed E-state index contributed by atoms with van der Waals surface area (Å²) in [6, 6.07) is 5.98. The van der Waals surface area contributed by atoms with E-state index in [1.165, 1.54) is 49.3 Å². The number of carbonyl (C=O) groups excluding carboxylic acids is 10. The number of benzene rings is 2. The predicted octanol–water partition coefficient (Wildman–Crippen LogP) is 3.36. The summed E-state index contributed by atoms with van der Waals surface area (Å²) >= 11 is 6.90. The summed E-state index contributed by atoms with van der Waals surface area (Å²) < 4.78 is 39.8. The van der Waals surface area contributed by atoms with Crippen molar-refractivity contribution in [2.75, 3.05) is 71.0 Å². The number of nitrogens with two attached hydrogens (primary N) is 1. The molecular weight excluding hydrogens is 1210 g/mol. The number of amides is 10. The number of urea groups is 1. The summed E-state index contributed by atoms with van der Waals surface area (Å²) in [6.07, 6.45) is -1.49. The summed E-state index contributed by atoms with van der Waals surface area (Å²) in [5.41, 5.74) is 3.71. The highest BCUT2D eigenvalue weighted by Crippen LogP contribution is 2.48. The van der Waals surface area contributed by atoms with Gasteiger partial charge >= 0.3 is 24.2 Å². The maximum atomic E-state index is 14.4. The number of fused-ring (bicyclic) bond motifs is 5. The van der Waals surface area contributed by atoms with Crippen LogP contribution in [0.2, 0.25) is 5.02 Å². The SMILES string of the molecule is COc1cc2cc(c1Cl)N(C)C(=O)CC(OC(=O)C(C)C)C(C)[C@@H](O)C(C)C1CC(O)(NC(=O)O1)C(OC)/C=C/C1N(C(=O)OCc3ccc(NC(=O)[C@H](CCCNC(N)=O)NC(=O)[C@@H](NC(=O)CCOCCOCCN4C(=O)C=CC4=O)C(C)C)cc3)C1(C)C2. The molecule has 4 bridgehead atoms. The van der Waals surface area contributed by atoms with Gasteiger partial charge in [-0.15, -0.1) is 0 Å². The van der Waals surface area contributed by atoms with E-state index in [-0.39, 0.29) is 94.7 Å². The van der Waals surface area contributed by atoms with Crippen molar-refractivity contribution >= 4 is 82.6 Å². The molecule has 6 rings (SSSR count). The number of imide groups is 1. The molecule has 10 amide bonds. The van der Waals surface area contributed by atoms with E-state index in [0.717, 1.165) is 4.90 Å². The molecule has 2 aromatic rings. The number of aliphatic hydroxyl groups is 2. The number of alkyl carbamates (subject to hydrolysis) is 1. The number of aliphatic hydroxyl groups excluding tert-OH is 1. The van der Waals surface area contributed by atoms with Crippen molar-refractivity contribution in [1.82, 2.24) is 31.1 Å². The van der Waals surface area contributed by atoms with Crippen LogP contribution in [0.5, 0.6) is 5.75 Å². The van der Waals surface area contributed by atoms with Crippen molar-refractivity contribution in [2.45, 2.75) is 147 Å². The zero-order chi connectivity index (χ0) is 67.1. The van der Waals surface area contributed by atoms with E-state index in [4.69, 9.17) is 50.5 Å². The molecule has 2 aromatic carbocycles. The van der Waals surface area contributed by atoms with E-state index in [2.05, 4.69) is 26.6 Å². The van der Waals surface area contributed by atoms with Crippen LogP contribution in [-0.4, -0.2) is 194 Å². The number of ether oxygens (including phenoxy) is 7. The van der Waals surface area contributed by atoms with Crippen LogP contribution in [0.25, 0.3) is 0 Å². The molecule has 0 aliphatic carbocycles. The molecule has 29 heteroatoms. The molecule has 500 valence electrons. The predicted molar refractivity (Wildman–Crippen MR) is 329 cm³/mol. The molecule has 0 aromatic heterocycles. The fourth-order valence-electron chi connectivity index (χ4n) is 10.9. The standard InChI is InChI=1S/C62H86ClN9O19/c1-34(2)53(68-48(73)21-24-87-26-27-88-25-23-71-49(74)19-20-50(71)75)56(79)67-41(12-11-22-65-58(64)81)55(78)66-40-15-13-38(14-16-40)33-89-60(83)72-46-17-18-47(86-10)62(84)32-45(91-59(82)69-62)37(6)54(77)36(5)43(90-57(80)35(3)4)30-51(76)70(8)42-28-39(31-61(46,72)7)29-44(85-9)52(42)63/h13-20,28-29,34-37,41,43,45-47,53-54,77,84H,11-12,21-27,30-33H2,1-10H3,(H,66,78)(H,67,79)(H,68,73)(H,69,82)(H3,64,65,81)/b18-17+/t36?,37?,41-,43?,45?,46?,47?,53-,54+,61?,62?,72?/m0/s1. The lowest BCUT2D eigenvalue weighted by atomic mass is 9.81. The van der Waals surface area contributed by atoms with Crippen LogP contribution in [-0.2, 0) is 75.0 Å². The number of primary amides is 1. The maximum absolute atomic E-state index is 14.4. The number of nitrogens with zero attached hydrogens (tertiary/aromatic N) is 3. The summed E-state index contributed by atoms with van der Waals surface area (Å²) in [4.78, 5) is 134. The molecule has 9 N–H and O–H groups in total. The Balaban J connectivity index is 1.15. The molecule has 0 saturated carbocycles. The third-order valence-corrected chi connectivity index (χ3v) is 16.9. The highest BCUT2D eigenvalue weighted by atomic mass is 35.5. The Morgan fingerprint density at radius 1 is 0.901 bits per heavy atom. The first-order chi connectivity index (χ1) is 43.0. The lowest BCUT2D eigenvalue weighted by Crippen LogP contribution is -2.64. The number of rotatable bonds is 25. The fourth-order valence-corrected chi connectivity index (χ4v) is 11.2. The molecule has 91 heavy (non-hydrogen) atoms. The number of carbonyl (C=O) groups is 10. The van der Waals surface area contributed by atoms with Gasteiger partial charge in [-0.25, -0.2) is 14.4 Å². The van der Waals surface area contributed by atoms with Gasteiger partial charge in [0.15, 0.2) is 5.72 Å². The smallest absolute Gasteiger partial charge is 0.411 e. The van der Waals surface area contributed by atoms with Crippen LogP contribution >= 0.6 is 11.6 Å². The van der Waals surface area contributed by atoms with Crippen LogP contribution < -0.4 is 42.0 Å². The van der Waals surface area contributed by atoms with Crippen LogP contribution in [0.15, 0.2) is 60.7 Å². The van der Waals surface area contributed by atoms with Gasteiger partial charge in [0.1, 0.15) is 47.8 Å². The number of esters is 1. The molecular formula is C62H86ClN9O19. The van der Waals surface area contributed by atoms with Gasteiger partial charge in [-0.1, -0.05) is 77.4 Å². The van der Waals surface area contributed by atoms with E-state index in [1.807, 2.05) is 0 Å². The monoisotopic (exact) mass is 1300 g/mol. The van der Waals surface area contributed by atoms with E-state index in [9.17, 15) is 58.2 Å². The van der Waals surface area contributed by atoms with Gasteiger partial charge in [-0.3, -0.25) is 48.7 Å². The van der Waals surface area contributed by atoms with E-state index in [1.54, 1.807) is 90.9 Å². The zero-order valence-electron chi connectivity index (χ0n) is 52.9. The zero-order valence-corrected chi connectivity index (χ0v) is 53.7. The van der Waals surface area contributed by atoms with Crippen molar-refractivity contribution in [3.8, 4) is 5.75 Å². The molecule has 0 spiro atoms. The van der Waals surface area contributed by atoms with Gasteiger partial charge in [-0.2, -0.15) is 0 Å². The minimum atomic E-state index is -2.11. The van der Waals surface area contributed by atoms with Crippen LogP contribution in [0.3, 0.4) is 0 Å². The van der Waals surface area contributed by atoms with Gasteiger partial charge in [0, 0.05) is 63.2 Å². The molecule has 28 nitrogen and oxygen atoms in total. The lowest BCUT2D eigenvalue weighted by molar-refractivity contribution is -0.165. The second-order valence-electron chi connectivity index (χ2n) is 23.9. The third-order valence-electron chi connectivity index (χ3n) is 16.5. The van der Waals surface area contributed by atoms with Crippen molar-refractivity contribution in [1.29, 1.82) is 0 Å². The molecule has 0 radical (unpaired) electrons. The highest BCUT2D eigenvalue weighted by molar-refractivity contribution is 6.35. The molecule has 4 aliphatic heterocycles. The molecule has 8 unspecified atom stereocenters. The number of anilines is 2. The van der Waals surface area contributed by atoms with E-state index < -0.39 is 144 Å². The van der Waals surface area contributed by atoms with Crippen molar-refractivity contribution in [3.05, 3.63) is 76.9 Å². The van der Waals surface area contributed by atoms with Gasteiger partial charge < -0.3 is 75.3 Å². The summed E-state index contributed by atoms with van der Waals surface area (Å²) in [6.45, 7) is 12.0. The molecule has 4 aliphatic rings. The average molecular weight is 1300 g/mol. The minimum absolute atomic E-state index is 0.00295. The number of halogens is 1. The van der Waals surface area contributed by atoms with Crippen molar-refractivity contribution in [2.24, 2.45) is 29.4 Å². The second kappa shape index (κ2) is 32.4. The highest BCUT2D eigenvalue weighted by Gasteiger charge is 2.62. The second-order valence-corrected chi connectivity index (χ2v) is 24.3. The van der Waals surface area contributed by atoms with Gasteiger partial charge in [0.2, 0.25) is 23.6 Å². The van der Waals surface area contributed by atoms with Gasteiger partial charge in [0.05, 0.1) is 75.8 Å². The maximum Gasteiger partial charge on any atom is 0.411 e. The van der Waals surface area contributed by atoms with Crippen LogP contribution in [0.1, 0.15) is 91.7 Å². The van der Waals surface area contributed by atoms with Crippen LogP contribution in [0.4, 0.5) is 25.8 Å². The fraction of sp³-hybridized carbons (Fsp3) is 0.581. The Bertz CT molecular complexity index is 3020. The minimum Gasteiger partial charge on any atom is -0.495 e. The van der Waals surface area contributed by atoms with E-state index >= 15 is 0 Å².